The van der Waals surface area contributed by atoms with Gasteiger partial charge < -0.3 is 10.6 Å². The van der Waals surface area contributed by atoms with Crippen LogP contribution >= 0.6 is 11.5 Å². The third-order valence-electron chi connectivity index (χ3n) is 2.66. The Morgan fingerprint density at radius 1 is 1.33 bits per heavy atom. The van der Waals surface area contributed by atoms with Crippen molar-refractivity contribution in [3.8, 4) is 0 Å². The molecule has 1 aliphatic heterocycles. The van der Waals surface area contributed by atoms with Gasteiger partial charge in [-0.15, -0.1) is 0 Å². The molecule has 0 aromatic carbocycles. The average molecular weight is 311 g/mol. The molecule has 0 amide bonds. The van der Waals surface area contributed by atoms with Crippen molar-refractivity contribution in [2.75, 3.05) is 41.5 Å². The number of nitrogens with zero attached hydrogens (tertiary/aromatic N) is 2. The summed E-state index contributed by atoms with van der Waals surface area (Å²) in [6.45, 7) is 0.541. The second kappa shape index (κ2) is 4.35. The molecule has 0 saturated carbocycles. The maximum Gasteiger partial charge on any atom is 0.182 e. The minimum Gasteiger partial charge on any atom is -0.382 e. The molecule has 7 nitrogen and oxygen atoms in total. The van der Waals surface area contributed by atoms with Gasteiger partial charge in [0.25, 0.3) is 0 Å². The summed E-state index contributed by atoms with van der Waals surface area (Å²) in [6, 6.07) is 0. The highest BCUT2D eigenvalue weighted by Gasteiger charge is 2.29. The van der Waals surface area contributed by atoms with E-state index in [1.165, 1.54) is 0 Å². The molecule has 0 spiro atoms. The van der Waals surface area contributed by atoms with Gasteiger partial charge >= 0.3 is 0 Å². The normalized spacial score (nSPS) is 19.9. The van der Waals surface area contributed by atoms with E-state index >= 15 is 0 Å². The highest BCUT2D eigenvalue weighted by Crippen LogP contribution is 2.35. The highest BCUT2D eigenvalue weighted by molar-refractivity contribution is 7.91. The summed E-state index contributed by atoms with van der Waals surface area (Å²) >= 11 is 0.987. The lowest BCUT2D eigenvalue weighted by molar-refractivity contribution is 0.587. The standard InChI is InChI=1S/C8H13N3O4S3/c1-17(12,13)6-7(9)10-16-8(6)11-2-4-18(14,15)5-3-11/h2-5H2,1H3,(H2,9,10). The zero-order valence-corrected chi connectivity index (χ0v) is 12.1. The third-order valence-corrected chi connectivity index (χ3v) is 6.47. The summed E-state index contributed by atoms with van der Waals surface area (Å²) in [5.74, 6) is 0.0214. The van der Waals surface area contributed by atoms with Crippen LogP contribution in [-0.2, 0) is 19.7 Å². The number of nitrogens with two attached hydrogens (primary N) is 1. The van der Waals surface area contributed by atoms with E-state index in [2.05, 4.69) is 4.37 Å². The van der Waals surface area contributed by atoms with Crippen LogP contribution in [-0.4, -0.2) is 52.1 Å². The number of anilines is 2. The van der Waals surface area contributed by atoms with Crippen molar-refractivity contribution in [2.45, 2.75) is 4.90 Å². The summed E-state index contributed by atoms with van der Waals surface area (Å²) in [4.78, 5) is 1.72. The minimum atomic E-state index is -3.47. The van der Waals surface area contributed by atoms with Gasteiger partial charge in [-0.2, -0.15) is 4.37 Å². The van der Waals surface area contributed by atoms with E-state index in [0.717, 1.165) is 17.8 Å². The number of nitrogen functional groups attached to an aromatic ring is 1. The van der Waals surface area contributed by atoms with Gasteiger partial charge in [-0.3, -0.25) is 0 Å². The summed E-state index contributed by atoms with van der Waals surface area (Å²) in [6.07, 6.45) is 1.07. The van der Waals surface area contributed by atoms with Crippen LogP contribution < -0.4 is 10.6 Å². The Morgan fingerprint density at radius 2 is 1.89 bits per heavy atom. The van der Waals surface area contributed by atoms with Crippen molar-refractivity contribution in [1.29, 1.82) is 0 Å². The molecule has 1 saturated heterocycles. The van der Waals surface area contributed by atoms with E-state index in [9.17, 15) is 16.8 Å². The third kappa shape index (κ3) is 2.59. The molecule has 2 rings (SSSR count). The zero-order valence-electron chi connectivity index (χ0n) is 9.66. The van der Waals surface area contributed by atoms with Gasteiger partial charge in [-0.25, -0.2) is 16.8 Å². The van der Waals surface area contributed by atoms with E-state index in [-0.39, 0.29) is 35.3 Å². The first kappa shape index (κ1) is 13.6. The molecule has 0 aliphatic carbocycles. The Hall–Kier alpha value is -0.870. The summed E-state index contributed by atoms with van der Waals surface area (Å²) in [5, 5.41) is 0.435. The van der Waals surface area contributed by atoms with Crippen molar-refractivity contribution in [3.63, 3.8) is 0 Å². The molecule has 2 N–H and O–H groups in total. The predicted molar refractivity (Wildman–Crippen MR) is 70.5 cm³/mol. The monoisotopic (exact) mass is 311 g/mol. The van der Waals surface area contributed by atoms with E-state index in [1.807, 2.05) is 0 Å². The molecular formula is C8H13N3O4S3. The first-order chi connectivity index (χ1) is 8.21. The fourth-order valence-corrected chi connectivity index (χ4v) is 5.21. The predicted octanol–water partition coefficient (Wildman–Crippen LogP) is -0.636. The molecule has 18 heavy (non-hydrogen) atoms. The number of aromatic nitrogens is 1. The molecular weight excluding hydrogens is 298 g/mol. The maximum absolute atomic E-state index is 11.6. The van der Waals surface area contributed by atoms with Crippen LogP contribution in [0.3, 0.4) is 0 Å². The Bertz CT molecular complexity index is 648. The van der Waals surface area contributed by atoms with Crippen molar-refractivity contribution >= 4 is 42.0 Å². The van der Waals surface area contributed by atoms with Gasteiger partial charge in [0.2, 0.25) is 0 Å². The SMILES string of the molecule is CS(=O)(=O)c1c(N)nsc1N1CCS(=O)(=O)CC1. The molecule has 0 radical (unpaired) electrons. The fraction of sp³-hybridized carbons (Fsp3) is 0.625. The van der Waals surface area contributed by atoms with Gasteiger partial charge in [0.05, 0.1) is 11.5 Å². The Balaban J connectivity index is 2.37. The average Bonchev–Trinajstić information content (AvgIpc) is 2.59. The van der Waals surface area contributed by atoms with Crippen LogP contribution in [0, 0.1) is 0 Å². The first-order valence-electron chi connectivity index (χ1n) is 5.11. The van der Waals surface area contributed by atoms with Crippen LogP contribution in [0.2, 0.25) is 0 Å². The fourth-order valence-electron chi connectivity index (χ4n) is 1.75. The quantitative estimate of drug-likeness (QED) is 0.773. The molecule has 0 unspecified atom stereocenters. The number of sulfone groups is 2. The van der Waals surface area contributed by atoms with E-state index in [1.54, 1.807) is 4.90 Å². The number of hydrogen-bond donors (Lipinski definition) is 1. The zero-order chi connectivity index (χ0) is 13.6. The second-order valence-corrected chi connectivity index (χ2v) is 9.12. The largest absolute Gasteiger partial charge is 0.382 e. The van der Waals surface area contributed by atoms with Gasteiger partial charge in [0, 0.05) is 19.3 Å². The van der Waals surface area contributed by atoms with E-state index < -0.39 is 19.7 Å². The van der Waals surface area contributed by atoms with Crippen LogP contribution in [0.1, 0.15) is 0 Å². The molecule has 10 heteroatoms. The topological polar surface area (TPSA) is 110 Å². The number of rotatable bonds is 2. The lowest BCUT2D eigenvalue weighted by Crippen LogP contribution is -2.40. The molecule has 0 atom stereocenters. The van der Waals surface area contributed by atoms with Crippen LogP contribution in [0.5, 0.6) is 0 Å². The van der Waals surface area contributed by atoms with Crippen molar-refractivity contribution in [1.82, 2.24) is 4.37 Å². The van der Waals surface area contributed by atoms with Crippen molar-refractivity contribution in [3.05, 3.63) is 0 Å². The molecule has 1 fully saturated rings. The van der Waals surface area contributed by atoms with Crippen LogP contribution in [0.4, 0.5) is 10.8 Å². The molecule has 1 aromatic heterocycles. The summed E-state index contributed by atoms with van der Waals surface area (Å²) in [7, 11) is -6.47. The molecule has 1 aliphatic rings. The lowest BCUT2D eigenvalue weighted by atomic mass is 10.5. The summed E-state index contributed by atoms with van der Waals surface area (Å²) < 4.78 is 49.8. The summed E-state index contributed by atoms with van der Waals surface area (Å²) in [5.41, 5.74) is 5.56. The molecule has 2 heterocycles. The molecule has 102 valence electrons. The second-order valence-electron chi connectivity index (χ2n) is 4.11. The van der Waals surface area contributed by atoms with Crippen LogP contribution in [0.15, 0.2) is 4.90 Å². The van der Waals surface area contributed by atoms with Gasteiger partial charge in [-0.05, 0) is 11.5 Å². The Kier molecular flexibility index (Phi) is 3.28. The maximum atomic E-state index is 11.6. The van der Waals surface area contributed by atoms with Gasteiger partial charge in [0.15, 0.2) is 25.5 Å². The lowest BCUT2D eigenvalue weighted by Gasteiger charge is -2.27. The van der Waals surface area contributed by atoms with E-state index in [4.69, 9.17) is 5.73 Å². The Morgan fingerprint density at radius 3 is 2.39 bits per heavy atom. The van der Waals surface area contributed by atoms with Gasteiger partial charge in [0.1, 0.15) is 9.90 Å². The van der Waals surface area contributed by atoms with Crippen molar-refractivity contribution in [2.24, 2.45) is 0 Å². The van der Waals surface area contributed by atoms with Gasteiger partial charge in [-0.1, -0.05) is 0 Å². The highest BCUT2D eigenvalue weighted by atomic mass is 32.2. The minimum absolute atomic E-state index is 0.00629. The Labute approximate surface area is 110 Å². The molecule has 1 aromatic rings. The number of hydrogen-bond acceptors (Lipinski definition) is 8. The first-order valence-corrected chi connectivity index (χ1v) is 9.60. The molecule has 0 bridgehead atoms. The van der Waals surface area contributed by atoms with E-state index in [0.29, 0.717) is 5.00 Å². The van der Waals surface area contributed by atoms with Crippen molar-refractivity contribution < 1.29 is 16.8 Å². The smallest absolute Gasteiger partial charge is 0.182 e. The van der Waals surface area contributed by atoms with Crippen LogP contribution in [0.25, 0.3) is 0 Å².